The number of hydrogen-bond donors (Lipinski definition) is 3. The molecule has 0 spiro atoms. The Labute approximate surface area is 185 Å². The maximum absolute atomic E-state index is 12.0. The van der Waals surface area contributed by atoms with Gasteiger partial charge in [0.25, 0.3) is 0 Å². The molecule has 8 nitrogen and oxygen atoms in total. The number of carbonyl (C=O) groups excluding carboxylic acids is 1. The summed E-state index contributed by atoms with van der Waals surface area (Å²) in [5, 5.41) is 9.31. The molecule has 0 fully saturated rings. The third kappa shape index (κ3) is 10.5. The lowest BCUT2D eigenvalue weighted by atomic mass is 10.1. The van der Waals surface area contributed by atoms with Crippen molar-refractivity contribution in [1.82, 2.24) is 20.9 Å². The van der Waals surface area contributed by atoms with Gasteiger partial charge in [-0.15, -0.1) is 24.0 Å². The highest BCUT2D eigenvalue weighted by Gasteiger charge is 2.24. The summed E-state index contributed by atoms with van der Waals surface area (Å²) in [6, 6.07) is 5.89. The van der Waals surface area contributed by atoms with Crippen LogP contribution in [0.25, 0.3) is 0 Å². The largest absolute Gasteiger partial charge is 0.444 e. The average Bonchev–Trinajstić information content (AvgIpc) is 2.52. The third-order valence-corrected chi connectivity index (χ3v) is 3.45. The molecule has 1 heterocycles. The maximum atomic E-state index is 12.0. The molecule has 1 rings (SSSR count). The minimum atomic E-state index is -0.528. The van der Waals surface area contributed by atoms with Gasteiger partial charge in [0.2, 0.25) is 0 Å². The van der Waals surface area contributed by atoms with Gasteiger partial charge in [0.05, 0.1) is 17.8 Å². The van der Waals surface area contributed by atoms with Gasteiger partial charge in [0.15, 0.2) is 5.96 Å². The average molecular weight is 506 g/mol. The first-order valence-electron chi connectivity index (χ1n) is 9.01. The molecular formula is C19H35IN6O2. The summed E-state index contributed by atoms with van der Waals surface area (Å²) in [6.45, 7) is 10.4. The number of aliphatic imine (C=N–C) groups is 1. The summed E-state index contributed by atoms with van der Waals surface area (Å²) < 4.78 is 5.31. The predicted molar refractivity (Wildman–Crippen MR) is 126 cm³/mol. The van der Waals surface area contributed by atoms with E-state index in [4.69, 9.17) is 4.74 Å². The number of nitrogens with one attached hydrogen (secondary N) is 3. The number of rotatable bonds is 6. The maximum Gasteiger partial charge on any atom is 0.408 e. The van der Waals surface area contributed by atoms with Crippen LogP contribution in [0.15, 0.2) is 23.2 Å². The van der Waals surface area contributed by atoms with E-state index in [1.807, 2.05) is 71.8 Å². The minimum absolute atomic E-state index is 0. The van der Waals surface area contributed by atoms with E-state index in [1.54, 1.807) is 7.05 Å². The Morgan fingerprint density at radius 3 is 2.36 bits per heavy atom. The first-order valence-corrected chi connectivity index (χ1v) is 9.01. The third-order valence-electron chi connectivity index (χ3n) is 3.45. The van der Waals surface area contributed by atoms with Crippen molar-refractivity contribution in [3.63, 3.8) is 0 Å². The topological polar surface area (TPSA) is 90.9 Å². The molecule has 0 aliphatic heterocycles. The van der Waals surface area contributed by atoms with E-state index in [2.05, 4.69) is 25.9 Å². The minimum Gasteiger partial charge on any atom is -0.444 e. The van der Waals surface area contributed by atoms with E-state index < -0.39 is 17.2 Å². The molecule has 0 aliphatic rings. The van der Waals surface area contributed by atoms with Gasteiger partial charge >= 0.3 is 6.09 Å². The van der Waals surface area contributed by atoms with E-state index >= 15 is 0 Å². The quantitative estimate of drug-likeness (QED) is 0.312. The van der Waals surface area contributed by atoms with Crippen LogP contribution in [0.1, 0.15) is 40.3 Å². The summed E-state index contributed by atoms with van der Waals surface area (Å²) in [5.74, 6) is 1.53. The molecule has 0 bridgehead atoms. The van der Waals surface area contributed by atoms with Crippen LogP contribution in [0, 0.1) is 0 Å². The van der Waals surface area contributed by atoms with Crippen molar-refractivity contribution in [2.24, 2.45) is 4.99 Å². The van der Waals surface area contributed by atoms with Gasteiger partial charge in [0.1, 0.15) is 11.4 Å². The van der Waals surface area contributed by atoms with E-state index in [9.17, 15) is 4.79 Å². The number of amides is 1. The van der Waals surface area contributed by atoms with Crippen LogP contribution in [-0.2, 0) is 11.3 Å². The number of aromatic nitrogens is 1. The molecule has 0 saturated heterocycles. The van der Waals surface area contributed by atoms with Crippen molar-refractivity contribution in [3.05, 3.63) is 23.9 Å². The van der Waals surface area contributed by atoms with Gasteiger partial charge in [-0.1, -0.05) is 6.07 Å². The van der Waals surface area contributed by atoms with Crippen molar-refractivity contribution in [2.75, 3.05) is 32.6 Å². The summed E-state index contributed by atoms with van der Waals surface area (Å²) in [4.78, 5) is 22.7. The van der Waals surface area contributed by atoms with Crippen LogP contribution in [0.2, 0.25) is 0 Å². The molecule has 0 aromatic carbocycles. The normalized spacial score (nSPS) is 11.9. The second-order valence-electron chi connectivity index (χ2n) is 8.17. The number of anilines is 1. The zero-order chi connectivity index (χ0) is 20.7. The zero-order valence-electron chi connectivity index (χ0n) is 18.2. The van der Waals surface area contributed by atoms with Crippen LogP contribution in [0.3, 0.4) is 0 Å². The van der Waals surface area contributed by atoms with E-state index in [1.165, 1.54) is 0 Å². The Balaban J connectivity index is 0.00000729. The Kier molecular flexibility index (Phi) is 10.6. The SMILES string of the molecule is CN=C(NCc1cccc(N(C)C)n1)NCC(C)(C)NC(=O)OC(C)(C)C.I. The number of nitrogens with zero attached hydrogens (tertiary/aromatic N) is 3. The molecule has 0 saturated carbocycles. The molecule has 1 aromatic heterocycles. The van der Waals surface area contributed by atoms with Gasteiger partial charge in [0, 0.05) is 27.7 Å². The molecule has 160 valence electrons. The zero-order valence-corrected chi connectivity index (χ0v) is 20.5. The predicted octanol–water partition coefficient (Wildman–Crippen LogP) is 2.73. The number of halogens is 1. The van der Waals surface area contributed by atoms with Gasteiger partial charge in [-0.05, 0) is 46.8 Å². The molecule has 0 unspecified atom stereocenters. The highest BCUT2D eigenvalue weighted by atomic mass is 127. The fraction of sp³-hybridized carbons (Fsp3) is 0.632. The lowest BCUT2D eigenvalue weighted by Gasteiger charge is -2.29. The van der Waals surface area contributed by atoms with Gasteiger partial charge in [-0.25, -0.2) is 9.78 Å². The molecule has 9 heteroatoms. The van der Waals surface area contributed by atoms with E-state index in [0.29, 0.717) is 19.0 Å². The van der Waals surface area contributed by atoms with Crippen molar-refractivity contribution >= 4 is 41.8 Å². The Hall–Kier alpha value is -1.78. The van der Waals surface area contributed by atoms with Gasteiger partial charge in [-0.3, -0.25) is 4.99 Å². The number of hydrogen-bond acceptors (Lipinski definition) is 5. The summed E-state index contributed by atoms with van der Waals surface area (Å²) >= 11 is 0. The highest BCUT2D eigenvalue weighted by molar-refractivity contribution is 14.0. The van der Waals surface area contributed by atoms with Crippen molar-refractivity contribution < 1.29 is 9.53 Å². The molecule has 0 atom stereocenters. The van der Waals surface area contributed by atoms with Gasteiger partial charge < -0.3 is 25.6 Å². The van der Waals surface area contributed by atoms with Crippen LogP contribution < -0.4 is 20.9 Å². The number of alkyl carbamates (subject to hydrolysis) is 1. The fourth-order valence-electron chi connectivity index (χ4n) is 2.14. The number of guanidine groups is 1. The van der Waals surface area contributed by atoms with Crippen molar-refractivity contribution in [1.29, 1.82) is 0 Å². The van der Waals surface area contributed by atoms with Crippen LogP contribution in [0.5, 0.6) is 0 Å². The standard InChI is InChI=1S/C19H34N6O2.HI/c1-18(2,3)27-17(26)24-19(4,5)13-22-16(20-6)21-12-14-10-9-11-15(23-14)25(7)8;/h9-11H,12-13H2,1-8H3,(H,24,26)(H2,20,21,22);1H. The molecule has 28 heavy (non-hydrogen) atoms. The molecule has 1 aromatic rings. The van der Waals surface area contributed by atoms with Crippen molar-refractivity contribution in [2.45, 2.75) is 52.3 Å². The number of ether oxygens (including phenoxy) is 1. The van der Waals surface area contributed by atoms with Crippen LogP contribution in [0.4, 0.5) is 10.6 Å². The van der Waals surface area contributed by atoms with Gasteiger partial charge in [-0.2, -0.15) is 0 Å². The first kappa shape index (κ1) is 26.2. The van der Waals surface area contributed by atoms with E-state index in [-0.39, 0.29) is 24.0 Å². The monoisotopic (exact) mass is 506 g/mol. The number of carbonyl (C=O) groups is 1. The van der Waals surface area contributed by atoms with Crippen molar-refractivity contribution in [3.8, 4) is 0 Å². The smallest absolute Gasteiger partial charge is 0.408 e. The van der Waals surface area contributed by atoms with Crippen LogP contribution in [-0.4, -0.2) is 55.9 Å². The Bertz CT molecular complexity index is 656. The van der Waals surface area contributed by atoms with E-state index in [0.717, 1.165) is 11.5 Å². The fourth-order valence-corrected chi connectivity index (χ4v) is 2.14. The Morgan fingerprint density at radius 2 is 1.82 bits per heavy atom. The molecule has 3 N–H and O–H groups in total. The molecule has 0 radical (unpaired) electrons. The summed E-state index contributed by atoms with van der Waals surface area (Å²) in [6.07, 6.45) is -0.443. The highest BCUT2D eigenvalue weighted by Crippen LogP contribution is 2.09. The summed E-state index contributed by atoms with van der Waals surface area (Å²) in [5.41, 5.74) is -0.127. The van der Waals surface area contributed by atoms with Crippen LogP contribution >= 0.6 is 24.0 Å². The summed E-state index contributed by atoms with van der Waals surface area (Å²) in [7, 11) is 5.62. The lowest BCUT2D eigenvalue weighted by molar-refractivity contribution is 0.0474. The molecular weight excluding hydrogens is 471 g/mol. The first-order chi connectivity index (χ1) is 12.4. The second kappa shape index (κ2) is 11.3. The second-order valence-corrected chi connectivity index (χ2v) is 8.17. The Morgan fingerprint density at radius 1 is 1.18 bits per heavy atom. The molecule has 0 aliphatic carbocycles. The lowest BCUT2D eigenvalue weighted by Crippen LogP contribution is -2.54. The molecule has 1 amide bonds. The number of pyridine rings is 1.